The maximum atomic E-state index is 12.7. The van der Waals surface area contributed by atoms with Crippen molar-refractivity contribution < 1.29 is 13.2 Å². The molecule has 0 aliphatic heterocycles. The van der Waals surface area contributed by atoms with Crippen LogP contribution in [-0.4, -0.2) is 49.2 Å². The minimum Gasteiger partial charge on any atom is -0.492 e. The fourth-order valence-electron chi connectivity index (χ4n) is 2.44. The van der Waals surface area contributed by atoms with E-state index in [4.69, 9.17) is 4.74 Å². The Morgan fingerprint density at radius 1 is 1.16 bits per heavy atom. The fourth-order valence-corrected chi connectivity index (χ4v) is 3.74. The van der Waals surface area contributed by atoms with Crippen LogP contribution in [0.2, 0.25) is 0 Å². The summed E-state index contributed by atoms with van der Waals surface area (Å²) in [7, 11) is -1.68. The van der Waals surface area contributed by atoms with E-state index in [-0.39, 0.29) is 4.90 Å². The second kappa shape index (κ2) is 7.25. The zero-order valence-electron chi connectivity index (χ0n) is 14.3. The average molecular weight is 359 g/mol. The summed E-state index contributed by atoms with van der Waals surface area (Å²) >= 11 is 0. The van der Waals surface area contributed by atoms with Crippen molar-refractivity contribution in [2.24, 2.45) is 0 Å². The Kier molecular flexibility index (Phi) is 5.06. The Morgan fingerprint density at radius 2 is 1.92 bits per heavy atom. The first-order valence-corrected chi connectivity index (χ1v) is 9.56. The van der Waals surface area contributed by atoms with Crippen LogP contribution in [0.15, 0.2) is 59.6 Å². The van der Waals surface area contributed by atoms with Crippen LogP contribution >= 0.6 is 0 Å². The van der Waals surface area contributed by atoms with Gasteiger partial charge < -0.3 is 9.64 Å². The molecule has 25 heavy (non-hydrogen) atoms. The molecule has 0 fully saturated rings. The van der Waals surface area contributed by atoms with Gasteiger partial charge in [0.2, 0.25) is 0 Å². The molecule has 0 radical (unpaired) electrons. The molecule has 0 saturated carbocycles. The molecule has 0 saturated heterocycles. The summed E-state index contributed by atoms with van der Waals surface area (Å²) in [5.41, 5.74) is 0.530. The third-order valence-electron chi connectivity index (χ3n) is 4.06. The van der Waals surface area contributed by atoms with Crippen LogP contribution in [0.5, 0.6) is 5.75 Å². The Labute approximate surface area is 147 Å². The molecule has 6 nitrogen and oxygen atoms in total. The highest BCUT2D eigenvalue weighted by Gasteiger charge is 2.20. The molecule has 0 atom stereocenters. The van der Waals surface area contributed by atoms with E-state index in [9.17, 15) is 8.42 Å². The quantitative estimate of drug-likeness (QED) is 0.649. The van der Waals surface area contributed by atoms with Crippen LogP contribution in [-0.2, 0) is 10.0 Å². The lowest BCUT2D eigenvalue weighted by Crippen LogP contribution is -2.23. The molecule has 1 heterocycles. The SMILES string of the molecule is CCN(C)CCOc1ccc2c(cnn2S(=O)(=O)c2ccccc2)c1. The van der Waals surface area contributed by atoms with Gasteiger partial charge in [-0.15, -0.1) is 0 Å². The van der Waals surface area contributed by atoms with Crippen LogP contribution in [0.1, 0.15) is 6.92 Å². The smallest absolute Gasteiger partial charge is 0.283 e. The standard InChI is InChI=1S/C18H21N3O3S/c1-3-20(2)11-12-24-16-9-10-18-15(13-16)14-19-21(18)25(22,23)17-7-5-4-6-8-17/h4-10,13-14H,3,11-12H2,1-2H3. The summed E-state index contributed by atoms with van der Waals surface area (Å²) < 4.78 is 32.3. The van der Waals surface area contributed by atoms with Crippen LogP contribution in [0.4, 0.5) is 0 Å². The normalized spacial score (nSPS) is 12.0. The molecule has 0 N–H and O–H groups in total. The van der Waals surface area contributed by atoms with E-state index in [1.54, 1.807) is 48.7 Å². The van der Waals surface area contributed by atoms with Gasteiger partial charge in [0.25, 0.3) is 10.0 Å². The maximum Gasteiger partial charge on any atom is 0.283 e. The van der Waals surface area contributed by atoms with Crippen LogP contribution < -0.4 is 4.74 Å². The summed E-state index contributed by atoms with van der Waals surface area (Å²) in [4.78, 5) is 2.37. The van der Waals surface area contributed by atoms with Gasteiger partial charge in [0.15, 0.2) is 0 Å². The molecule has 0 unspecified atom stereocenters. The van der Waals surface area contributed by atoms with E-state index < -0.39 is 10.0 Å². The fraction of sp³-hybridized carbons (Fsp3) is 0.278. The molecule has 0 bridgehead atoms. The van der Waals surface area contributed by atoms with Crippen molar-refractivity contribution >= 4 is 20.9 Å². The molecule has 0 amide bonds. The molecule has 132 valence electrons. The monoisotopic (exact) mass is 359 g/mol. The highest BCUT2D eigenvalue weighted by atomic mass is 32.2. The number of benzene rings is 2. The topological polar surface area (TPSA) is 64.4 Å². The number of rotatable bonds is 7. The molecule has 7 heteroatoms. The van der Waals surface area contributed by atoms with E-state index in [1.165, 1.54) is 0 Å². The highest BCUT2D eigenvalue weighted by molar-refractivity contribution is 7.90. The average Bonchev–Trinajstić information content (AvgIpc) is 3.06. The predicted octanol–water partition coefficient (Wildman–Crippen LogP) is 2.60. The Balaban J connectivity index is 1.86. The molecule has 0 aliphatic rings. The summed E-state index contributed by atoms with van der Waals surface area (Å²) in [6.07, 6.45) is 1.54. The summed E-state index contributed by atoms with van der Waals surface area (Å²) in [6.45, 7) is 4.46. The molecule has 1 aromatic heterocycles. The second-order valence-electron chi connectivity index (χ2n) is 5.77. The van der Waals surface area contributed by atoms with Gasteiger partial charge in [-0.2, -0.15) is 17.6 Å². The van der Waals surface area contributed by atoms with Gasteiger partial charge in [0.1, 0.15) is 12.4 Å². The zero-order valence-corrected chi connectivity index (χ0v) is 15.1. The van der Waals surface area contributed by atoms with Gasteiger partial charge >= 0.3 is 0 Å². The lowest BCUT2D eigenvalue weighted by molar-refractivity contribution is 0.244. The first kappa shape index (κ1) is 17.4. The lowest BCUT2D eigenvalue weighted by Gasteiger charge is -2.14. The number of likely N-dealkylation sites (N-methyl/N-ethyl adjacent to an activating group) is 1. The van der Waals surface area contributed by atoms with E-state index in [2.05, 4.69) is 16.9 Å². The predicted molar refractivity (Wildman–Crippen MR) is 97.4 cm³/mol. The molecular formula is C18H21N3O3S. The molecule has 2 aromatic carbocycles. The van der Waals surface area contributed by atoms with Crippen LogP contribution in [0.3, 0.4) is 0 Å². The lowest BCUT2D eigenvalue weighted by atomic mass is 10.2. The highest BCUT2D eigenvalue weighted by Crippen LogP contribution is 2.24. The Hall–Kier alpha value is -2.38. The van der Waals surface area contributed by atoms with Gasteiger partial charge in [-0.1, -0.05) is 25.1 Å². The number of nitrogens with zero attached hydrogens (tertiary/aromatic N) is 3. The minimum absolute atomic E-state index is 0.211. The van der Waals surface area contributed by atoms with Crippen molar-refractivity contribution in [3.05, 3.63) is 54.7 Å². The summed E-state index contributed by atoms with van der Waals surface area (Å²) in [5, 5.41) is 4.79. The molecule has 0 aliphatic carbocycles. The van der Waals surface area contributed by atoms with Crippen LogP contribution in [0.25, 0.3) is 10.9 Å². The second-order valence-corrected chi connectivity index (χ2v) is 7.54. The van der Waals surface area contributed by atoms with Crippen LogP contribution in [0, 0.1) is 0 Å². The van der Waals surface area contributed by atoms with E-state index >= 15 is 0 Å². The van der Waals surface area contributed by atoms with Crippen molar-refractivity contribution in [2.45, 2.75) is 11.8 Å². The Morgan fingerprint density at radius 3 is 2.64 bits per heavy atom. The number of aromatic nitrogens is 2. The van der Waals surface area contributed by atoms with Gasteiger partial charge in [-0.3, -0.25) is 0 Å². The third kappa shape index (κ3) is 3.67. The van der Waals surface area contributed by atoms with E-state index in [0.717, 1.165) is 22.6 Å². The largest absolute Gasteiger partial charge is 0.492 e. The van der Waals surface area contributed by atoms with Crippen molar-refractivity contribution in [2.75, 3.05) is 26.7 Å². The molecule has 3 aromatic rings. The maximum absolute atomic E-state index is 12.7. The summed E-state index contributed by atoms with van der Waals surface area (Å²) in [5.74, 6) is 0.702. The van der Waals surface area contributed by atoms with Crippen molar-refractivity contribution in [1.29, 1.82) is 0 Å². The van der Waals surface area contributed by atoms with Gasteiger partial charge in [-0.05, 0) is 43.9 Å². The number of fused-ring (bicyclic) bond motifs is 1. The number of ether oxygens (including phenoxy) is 1. The first-order valence-electron chi connectivity index (χ1n) is 8.12. The van der Waals surface area contributed by atoms with Crippen molar-refractivity contribution in [1.82, 2.24) is 14.1 Å². The minimum atomic E-state index is -3.71. The van der Waals surface area contributed by atoms with Gasteiger partial charge in [0.05, 0.1) is 16.6 Å². The number of hydrogen-bond donors (Lipinski definition) is 0. The van der Waals surface area contributed by atoms with Gasteiger partial charge in [-0.25, -0.2) is 0 Å². The zero-order chi connectivity index (χ0) is 17.9. The van der Waals surface area contributed by atoms with E-state index in [1.807, 2.05) is 13.1 Å². The number of hydrogen-bond acceptors (Lipinski definition) is 5. The Bertz CT molecular complexity index is 952. The third-order valence-corrected chi connectivity index (χ3v) is 5.67. The molecular weight excluding hydrogens is 338 g/mol. The van der Waals surface area contributed by atoms with Gasteiger partial charge in [0, 0.05) is 11.9 Å². The molecule has 3 rings (SSSR count). The first-order chi connectivity index (χ1) is 12.0. The van der Waals surface area contributed by atoms with E-state index in [0.29, 0.717) is 17.9 Å². The van der Waals surface area contributed by atoms with Crippen molar-refractivity contribution in [3.8, 4) is 5.75 Å². The summed E-state index contributed by atoms with van der Waals surface area (Å²) in [6, 6.07) is 13.6. The molecule has 0 spiro atoms. The van der Waals surface area contributed by atoms with Crippen molar-refractivity contribution in [3.63, 3.8) is 0 Å².